The van der Waals surface area contributed by atoms with E-state index in [1.54, 1.807) is 0 Å². The third-order valence-electron chi connectivity index (χ3n) is 3.32. The van der Waals surface area contributed by atoms with Crippen LogP contribution < -0.4 is 4.90 Å². The Hall–Kier alpha value is -0.0800. The van der Waals surface area contributed by atoms with Crippen molar-refractivity contribution >= 4 is 0 Å². The first-order valence-electron chi connectivity index (χ1n) is 5.27. The Balaban J connectivity index is 1.80. The molecular formula is C10H20N2. The van der Waals surface area contributed by atoms with E-state index in [9.17, 15) is 0 Å². The van der Waals surface area contributed by atoms with Crippen molar-refractivity contribution in [2.45, 2.75) is 31.7 Å². The number of rotatable bonds is 1. The quantitative estimate of drug-likeness (QED) is 0.538. The fourth-order valence-corrected chi connectivity index (χ4v) is 2.48. The maximum absolute atomic E-state index is 4.06. The van der Waals surface area contributed by atoms with E-state index in [-0.39, 0.29) is 0 Å². The molecule has 70 valence electrons. The van der Waals surface area contributed by atoms with Crippen molar-refractivity contribution in [3.8, 4) is 0 Å². The van der Waals surface area contributed by atoms with Crippen LogP contribution in [0.3, 0.4) is 0 Å². The van der Waals surface area contributed by atoms with Crippen LogP contribution in [0.2, 0.25) is 0 Å². The van der Waals surface area contributed by atoms with Crippen molar-refractivity contribution < 1.29 is 4.90 Å². The summed E-state index contributed by atoms with van der Waals surface area (Å²) < 4.78 is 0. The maximum Gasteiger partial charge on any atom is 0.0545 e. The number of piperidine rings is 1. The van der Waals surface area contributed by atoms with Crippen LogP contribution in [0.15, 0.2) is 0 Å². The van der Waals surface area contributed by atoms with Gasteiger partial charge in [0, 0.05) is 18.9 Å². The molecule has 0 saturated carbocycles. The van der Waals surface area contributed by atoms with Crippen LogP contribution in [0.4, 0.5) is 0 Å². The summed E-state index contributed by atoms with van der Waals surface area (Å²) in [6.45, 7) is 5.27. The lowest BCUT2D eigenvalue weighted by atomic mass is 10.0. The molecule has 0 radical (unpaired) electrons. The van der Waals surface area contributed by atoms with Gasteiger partial charge in [0.25, 0.3) is 0 Å². The average molecular weight is 168 g/mol. The van der Waals surface area contributed by atoms with Gasteiger partial charge in [-0.25, -0.2) is 0 Å². The molecule has 2 aliphatic heterocycles. The van der Waals surface area contributed by atoms with Crippen LogP contribution in [0.5, 0.6) is 0 Å². The molecule has 0 unspecified atom stereocenters. The highest BCUT2D eigenvalue weighted by Crippen LogP contribution is 2.16. The second kappa shape index (κ2) is 3.75. The van der Waals surface area contributed by atoms with E-state index in [1.807, 2.05) is 0 Å². The molecule has 1 N–H and O–H groups in total. The second-order valence-corrected chi connectivity index (χ2v) is 4.22. The molecule has 0 aromatic rings. The van der Waals surface area contributed by atoms with Crippen molar-refractivity contribution in [1.29, 1.82) is 0 Å². The zero-order valence-electron chi connectivity index (χ0n) is 7.89. The van der Waals surface area contributed by atoms with Crippen molar-refractivity contribution in [2.75, 3.05) is 26.2 Å². The van der Waals surface area contributed by atoms with Crippen LogP contribution in [0, 0.1) is 7.05 Å². The van der Waals surface area contributed by atoms with Gasteiger partial charge >= 0.3 is 0 Å². The lowest BCUT2D eigenvalue weighted by molar-refractivity contribution is -0.859. The smallest absolute Gasteiger partial charge is 0.0545 e. The summed E-state index contributed by atoms with van der Waals surface area (Å²) in [5, 5.41) is 0. The Kier molecular flexibility index (Phi) is 2.66. The summed E-state index contributed by atoms with van der Waals surface area (Å²) in [5.74, 6) is 0. The van der Waals surface area contributed by atoms with Crippen LogP contribution in [-0.4, -0.2) is 37.1 Å². The van der Waals surface area contributed by atoms with Crippen molar-refractivity contribution in [1.82, 2.24) is 4.90 Å². The highest BCUT2D eigenvalue weighted by molar-refractivity contribution is 4.77. The van der Waals surface area contributed by atoms with Crippen LogP contribution in [-0.2, 0) is 0 Å². The molecule has 12 heavy (non-hydrogen) atoms. The largest absolute Gasteiger partial charge is 0.468 e. The Morgan fingerprint density at radius 2 is 1.67 bits per heavy atom. The van der Waals surface area contributed by atoms with Gasteiger partial charge in [-0.15, -0.1) is 0 Å². The fourth-order valence-electron chi connectivity index (χ4n) is 2.48. The van der Waals surface area contributed by atoms with Gasteiger partial charge in [-0.3, -0.25) is 4.90 Å². The van der Waals surface area contributed by atoms with Gasteiger partial charge < -0.3 is 4.90 Å². The molecule has 0 bridgehead atoms. The summed E-state index contributed by atoms with van der Waals surface area (Å²) in [6, 6.07) is 0.901. The maximum atomic E-state index is 4.06. The molecule has 0 amide bonds. The van der Waals surface area contributed by atoms with Gasteiger partial charge in [-0.1, -0.05) is 0 Å². The molecule has 0 atom stereocenters. The SMILES string of the molecule is [CH2-][NH+]1CCC(N2CCCC2)CC1. The number of nitrogens with one attached hydrogen (secondary N) is 1. The molecule has 2 saturated heterocycles. The Morgan fingerprint density at radius 3 is 2.25 bits per heavy atom. The molecule has 2 aliphatic rings. The molecule has 2 fully saturated rings. The first-order chi connectivity index (χ1) is 5.86. The van der Waals surface area contributed by atoms with Gasteiger partial charge in [0.05, 0.1) is 13.1 Å². The number of nitrogens with zero attached hydrogens (tertiary/aromatic N) is 1. The van der Waals surface area contributed by atoms with Crippen molar-refractivity contribution in [3.63, 3.8) is 0 Å². The van der Waals surface area contributed by atoms with Gasteiger partial charge in [0.1, 0.15) is 0 Å². The molecule has 2 nitrogen and oxygen atoms in total. The van der Waals surface area contributed by atoms with E-state index in [0.717, 1.165) is 6.04 Å². The topological polar surface area (TPSA) is 7.68 Å². The van der Waals surface area contributed by atoms with Gasteiger partial charge in [-0.2, -0.15) is 7.05 Å². The summed E-state index contributed by atoms with van der Waals surface area (Å²) in [6.07, 6.45) is 5.60. The minimum Gasteiger partial charge on any atom is -0.468 e. The van der Waals surface area contributed by atoms with Crippen LogP contribution in [0.1, 0.15) is 25.7 Å². The third-order valence-corrected chi connectivity index (χ3v) is 3.32. The molecule has 2 heteroatoms. The second-order valence-electron chi connectivity index (χ2n) is 4.22. The summed E-state index contributed by atoms with van der Waals surface area (Å²) in [4.78, 5) is 4.16. The lowest BCUT2D eigenvalue weighted by Crippen LogP contribution is -3.08. The Morgan fingerprint density at radius 1 is 1.08 bits per heavy atom. The van der Waals surface area contributed by atoms with Crippen LogP contribution >= 0.6 is 0 Å². The van der Waals surface area contributed by atoms with Crippen molar-refractivity contribution in [3.05, 3.63) is 7.05 Å². The molecule has 0 spiro atoms. The summed E-state index contributed by atoms with van der Waals surface area (Å²) in [5.41, 5.74) is 0. The van der Waals surface area contributed by atoms with E-state index >= 15 is 0 Å². The minimum absolute atomic E-state index is 0.901. The molecule has 2 rings (SSSR count). The average Bonchev–Trinajstić information content (AvgIpc) is 2.58. The molecule has 0 aromatic carbocycles. The summed E-state index contributed by atoms with van der Waals surface area (Å²) in [7, 11) is 4.06. The van der Waals surface area contributed by atoms with E-state index < -0.39 is 0 Å². The standard InChI is InChI=1S/C10H20N2/c1-11-8-4-10(5-9-11)12-6-2-3-7-12/h10-11H,1-9H2. The van der Waals surface area contributed by atoms with E-state index in [1.165, 1.54) is 56.8 Å². The van der Waals surface area contributed by atoms with Gasteiger partial charge in [0.15, 0.2) is 0 Å². The van der Waals surface area contributed by atoms with E-state index in [0.29, 0.717) is 0 Å². The number of hydrogen-bond acceptors (Lipinski definition) is 1. The molecule has 2 heterocycles. The number of quaternary nitrogens is 1. The van der Waals surface area contributed by atoms with E-state index in [2.05, 4.69) is 11.9 Å². The Bertz CT molecular complexity index is 133. The Labute approximate surface area is 75.5 Å². The van der Waals surface area contributed by atoms with Crippen LogP contribution in [0.25, 0.3) is 0 Å². The molecule has 0 aliphatic carbocycles. The highest BCUT2D eigenvalue weighted by Gasteiger charge is 2.25. The zero-order valence-corrected chi connectivity index (χ0v) is 7.89. The predicted molar refractivity (Wildman–Crippen MR) is 49.9 cm³/mol. The van der Waals surface area contributed by atoms with Gasteiger partial charge in [-0.05, 0) is 25.9 Å². The normalized spacial score (nSPS) is 38.8. The van der Waals surface area contributed by atoms with E-state index in [4.69, 9.17) is 0 Å². The number of likely N-dealkylation sites (tertiary alicyclic amines) is 2. The monoisotopic (exact) mass is 168 g/mol. The first kappa shape index (κ1) is 8.52. The fraction of sp³-hybridized carbons (Fsp3) is 0.900. The molecular weight excluding hydrogens is 148 g/mol. The minimum atomic E-state index is 0.901. The lowest BCUT2D eigenvalue weighted by Gasteiger charge is -2.35. The predicted octanol–water partition coefficient (Wildman–Crippen LogP) is -0.0789. The first-order valence-corrected chi connectivity index (χ1v) is 5.27. The summed E-state index contributed by atoms with van der Waals surface area (Å²) >= 11 is 0. The number of hydrogen-bond donors (Lipinski definition) is 1. The van der Waals surface area contributed by atoms with Crippen molar-refractivity contribution in [2.24, 2.45) is 0 Å². The molecule has 0 aromatic heterocycles. The van der Waals surface area contributed by atoms with Gasteiger partial charge in [0.2, 0.25) is 0 Å². The highest BCUT2D eigenvalue weighted by atomic mass is 15.2. The third kappa shape index (κ3) is 1.80. The zero-order chi connectivity index (χ0) is 8.39.